The lowest BCUT2D eigenvalue weighted by Crippen LogP contribution is -2.38. The number of methoxy groups -OCH3 is 2. The lowest BCUT2D eigenvalue weighted by atomic mass is 10.1. The number of imide groups is 1. The molecule has 0 aliphatic carbocycles. The van der Waals surface area contributed by atoms with Crippen molar-refractivity contribution in [2.24, 2.45) is 0 Å². The van der Waals surface area contributed by atoms with Gasteiger partial charge < -0.3 is 20.1 Å². The van der Waals surface area contributed by atoms with Gasteiger partial charge in [0.05, 0.1) is 14.2 Å². The van der Waals surface area contributed by atoms with E-state index in [2.05, 4.69) is 26.6 Å². The van der Waals surface area contributed by atoms with Crippen LogP contribution in [0.3, 0.4) is 0 Å². The number of nitrogens with zero attached hydrogens (tertiary/aromatic N) is 1. The van der Waals surface area contributed by atoms with E-state index in [1.54, 1.807) is 42.5 Å². The zero-order valence-electron chi connectivity index (χ0n) is 16.6. The number of benzene rings is 2. The predicted molar refractivity (Wildman–Crippen MR) is 115 cm³/mol. The van der Waals surface area contributed by atoms with Crippen LogP contribution in [-0.4, -0.2) is 43.5 Å². The van der Waals surface area contributed by atoms with E-state index in [0.29, 0.717) is 22.7 Å². The lowest BCUT2D eigenvalue weighted by Gasteiger charge is -2.12. The first-order chi connectivity index (χ1) is 14.3. The molecule has 2 aromatic rings. The molecule has 2 aromatic carbocycles. The number of amides is 4. The molecule has 1 saturated heterocycles. The minimum Gasteiger partial charge on any atom is -0.493 e. The summed E-state index contributed by atoms with van der Waals surface area (Å²) in [5.41, 5.74) is 2.14. The summed E-state index contributed by atoms with van der Waals surface area (Å²) in [6, 6.07) is 9.79. The smallest absolute Gasteiger partial charge is 0.329 e. The Morgan fingerprint density at radius 1 is 1.13 bits per heavy atom. The van der Waals surface area contributed by atoms with E-state index in [0.717, 1.165) is 14.9 Å². The van der Waals surface area contributed by atoms with Crippen LogP contribution in [-0.2, 0) is 9.59 Å². The Bertz CT molecular complexity index is 1030. The number of nitrogens with one attached hydrogen (secondary N) is 2. The van der Waals surface area contributed by atoms with Gasteiger partial charge >= 0.3 is 6.03 Å². The van der Waals surface area contributed by atoms with Crippen molar-refractivity contribution in [1.29, 1.82) is 0 Å². The number of rotatable bonds is 6. The van der Waals surface area contributed by atoms with Crippen LogP contribution in [0.2, 0.25) is 0 Å². The van der Waals surface area contributed by atoms with Crippen LogP contribution in [0.1, 0.15) is 11.1 Å². The van der Waals surface area contributed by atoms with E-state index in [1.807, 2.05) is 6.92 Å². The Morgan fingerprint density at radius 3 is 2.40 bits per heavy atom. The fourth-order valence-electron chi connectivity index (χ4n) is 2.90. The second kappa shape index (κ2) is 9.00. The highest BCUT2D eigenvalue weighted by Crippen LogP contribution is 2.31. The number of urea groups is 1. The van der Waals surface area contributed by atoms with Crippen LogP contribution < -0.4 is 20.1 Å². The van der Waals surface area contributed by atoms with E-state index in [4.69, 9.17) is 9.47 Å². The number of hydrogen-bond donors (Lipinski definition) is 2. The molecule has 9 heteroatoms. The van der Waals surface area contributed by atoms with Crippen LogP contribution in [0.25, 0.3) is 6.08 Å². The van der Waals surface area contributed by atoms with E-state index >= 15 is 0 Å². The summed E-state index contributed by atoms with van der Waals surface area (Å²) in [6.07, 6.45) is 1.55. The number of hydrogen-bond acceptors (Lipinski definition) is 5. The van der Waals surface area contributed by atoms with Crippen molar-refractivity contribution < 1.29 is 23.9 Å². The molecule has 30 heavy (non-hydrogen) atoms. The maximum Gasteiger partial charge on any atom is 0.329 e. The molecule has 4 amide bonds. The monoisotopic (exact) mass is 473 g/mol. The average molecular weight is 474 g/mol. The molecule has 0 atom stereocenters. The second-order valence-electron chi connectivity index (χ2n) is 6.50. The van der Waals surface area contributed by atoms with Crippen LogP contribution in [0.4, 0.5) is 10.5 Å². The summed E-state index contributed by atoms with van der Waals surface area (Å²) in [7, 11) is 3.05. The fraction of sp³-hybridized carbons (Fsp3) is 0.190. The largest absolute Gasteiger partial charge is 0.493 e. The molecule has 1 fully saturated rings. The molecule has 0 saturated carbocycles. The third kappa shape index (κ3) is 4.62. The van der Waals surface area contributed by atoms with Gasteiger partial charge in [0.2, 0.25) is 5.91 Å². The lowest BCUT2D eigenvalue weighted by molar-refractivity contribution is -0.127. The zero-order chi connectivity index (χ0) is 21.8. The molecule has 1 heterocycles. The molecule has 2 N–H and O–H groups in total. The van der Waals surface area contributed by atoms with Crippen LogP contribution in [0.15, 0.2) is 46.6 Å². The Hall–Kier alpha value is -3.33. The van der Waals surface area contributed by atoms with Crippen molar-refractivity contribution in [3.8, 4) is 11.5 Å². The number of halogens is 1. The van der Waals surface area contributed by atoms with E-state index in [9.17, 15) is 14.4 Å². The van der Waals surface area contributed by atoms with Crippen LogP contribution in [0.5, 0.6) is 11.5 Å². The summed E-state index contributed by atoms with van der Waals surface area (Å²) in [6.45, 7) is 1.45. The maximum atomic E-state index is 12.7. The third-order valence-electron chi connectivity index (χ3n) is 4.46. The molecule has 1 aliphatic rings. The summed E-state index contributed by atoms with van der Waals surface area (Å²) >= 11 is 3.31. The van der Waals surface area contributed by atoms with Gasteiger partial charge in [0.25, 0.3) is 5.91 Å². The number of anilines is 1. The van der Waals surface area contributed by atoms with Crippen molar-refractivity contribution in [3.63, 3.8) is 0 Å². The Kier molecular flexibility index (Phi) is 6.41. The van der Waals surface area contributed by atoms with Gasteiger partial charge in [0.1, 0.15) is 12.2 Å². The van der Waals surface area contributed by atoms with Gasteiger partial charge in [-0.15, -0.1) is 0 Å². The second-order valence-corrected chi connectivity index (χ2v) is 7.41. The first-order valence-electron chi connectivity index (χ1n) is 8.95. The molecule has 3 rings (SSSR count). The van der Waals surface area contributed by atoms with Gasteiger partial charge in [-0.05, 0) is 60.5 Å². The number of aryl methyl sites for hydroxylation is 1. The number of ether oxygens (including phenoxy) is 2. The van der Waals surface area contributed by atoms with Gasteiger partial charge in [-0.3, -0.25) is 9.59 Å². The highest BCUT2D eigenvalue weighted by Gasteiger charge is 2.35. The van der Waals surface area contributed by atoms with E-state index in [1.165, 1.54) is 14.2 Å². The van der Waals surface area contributed by atoms with Gasteiger partial charge in [0.15, 0.2) is 11.5 Å². The van der Waals surface area contributed by atoms with Crippen molar-refractivity contribution in [1.82, 2.24) is 10.2 Å². The first-order valence-corrected chi connectivity index (χ1v) is 9.74. The van der Waals surface area contributed by atoms with Gasteiger partial charge in [-0.2, -0.15) is 0 Å². The van der Waals surface area contributed by atoms with Crippen LogP contribution >= 0.6 is 15.9 Å². The first kappa shape index (κ1) is 21.4. The standard InChI is InChI=1S/C21H20BrN3O5/c1-12-8-17(29-2)18(30-3)10-13(12)9-16-20(27)25(21(28)24-16)11-19(26)23-15-6-4-14(22)5-7-15/h4-10H,11H2,1-3H3,(H,23,26)(H,24,28). The summed E-state index contributed by atoms with van der Waals surface area (Å²) in [4.78, 5) is 38.1. The molecular weight excluding hydrogens is 454 g/mol. The predicted octanol–water partition coefficient (Wildman–Crippen LogP) is 3.31. The fourth-order valence-corrected chi connectivity index (χ4v) is 3.16. The summed E-state index contributed by atoms with van der Waals surface area (Å²) in [5.74, 6) is -0.00728. The molecule has 0 aromatic heterocycles. The molecule has 0 bridgehead atoms. The molecule has 0 radical (unpaired) electrons. The normalized spacial score (nSPS) is 14.7. The molecular formula is C21H20BrN3O5. The summed E-state index contributed by atoms with van der Waals surface area (Å²) in [5, 5.41) is 5.17. The highest BCUT2D eigenvalue weighted by molar-refractivity contribution is 9.10. The Labute approximate surface area is 182 Å². The molecule has 8 nitrogen and oxygen atoms in total. The zero-order valence-corrected chi connectivity index (χ0v) is 18.2. The number of carbonyl (C=O) groups is 3. The van der Waals surface area contributed by atoms with Crippen LogP contribution in [0, 0.1) is 6.92 Å². The Balaban J connectivity index is 1.76. The maximum absolute atomic E-state index is 12.7. The van der Waals surface area contributed by atoms with E-state index in [-0.39, 0.29) is 5.70 Å². The van der Waals surface area contributed by atoms with E-state index < -0.39 is 24.4 Å². The SMILES string of the molecule is COc1cc(C)c(C=C2NC(=O)N(CC(=O)Nc3ccc(Br)cc3)C2=O)cc1OC. The van der Waals surface area contributed by atoms with Gasteiger partial charge in [-0.1, -0.05) is 15.9 Å². The minimum absolute atomic E-state index is 0.0757. The highest BCUT2D eigenvalue weighted by atomic mass is 79.9. The molecule has 0 unspecified atom stereocenters. The van der Waals surface area contributed by atoms with Gasteiger partial charge in [-0.25, -0.2) is 9.69 Å². The molecule has 1 aliphatic heterocycles. The molecule has 0 spiro atoms. The van der Waals surface area contributed by atoms with Crippen molar-refractivity contribution in [2.45, 2.75) is 6.92 Å². The number of carbonyl (C=O) groups excluding carboxylic acids is 3. The topological polar surface area (TPSA) is 97.0 Å². The molecule has 156 valence electrons. The third-order valence-corrected chi connectivity index (χ3v) is 4.99. The van der Waals surface area contributed by atoms with Crippen molar-refractivity contribution >= 4 is 45.5 Å². The summed E-state index contributed by atoms with van der Waals surface area (Å²) < 4.78 is 11.4. The quantitative estimate of drug-likeness (QED) is 0.495. The van der Waals surface area contributed by atoms with Gasteiger partial charge in [0, 0.05) is 10.2 Å². The van der Waals surface area contributed by atoms with Crippen molar-refractivity contribution in [2.75, 3.05) is 26.1 Å². The average Bonchev–Trinajstić information content (AvgIpc) is 2.98. The Morgan fingerprint density at radius 2 is 1.77 bits per heavy atom. The minimum atomic E-state index is -0.657. The van der Waals surface area contributed by atoms with Crippen molar-refractivity contribution in [3.05, 3.63) is 57.7 Å².